The highest BCUT2D eigenvalue weighted by Crippen LogP contribution is 2.14. The molecule has 0 fully saturated rings. The lowest BCUT2D eigenvalue weighted by Crippen LogP contribution is -2.33. The zero-order valence-electron chi connectivity index (χ0n) is 13.2. The van der Waals surface area contributed by atoms with E-state index in [1.165, 1.54) is 0 Å². The summed E-state index contributed by atoms with van der Waals surface area (Å²) in [5.74, 6) is 0.00599. The van der Waals surface area contributed by atoms with Gasteiger partial charge in [-0.2, -0.15) is 10.2 Å². The first-order valence-corrected chi connectivity index (χ1v) is 8.29. The molecule has 0 radical (unpaired) electrons. The van der Waals surface area contributed by atoms with Crippen LogP contribution in [0.3, 0.4) is 0 Å². The number of nitrogens with zero attached hydrogens (tertiary/aromatic N) is 4. The molecule has 22 heavy (non-hydrogen) atoms. The molecule has 0 aromatic carbocycles. The topological polar surface area (TPSA) is 64.7 Å². The summed E-state index contributed by atoms with van der Waals surface area (Å²) in [7, 11) is 0. The maximum absolute atomic E-state index is 12.3. The van der Waals surface area contributed by atoms with Crippen LogP contribution < -0.4 is 5.32 Å². The standard InChI is InChI=1S/C15H22BrN5O/c1-4-14(21-10-13(16)9-18-21)15(22)17-6-5-7-20-12(3)8-11(2)19-20/h8-10,14H,4-7H2,1-3H3,(H,17,22). The van der Waals surface area contributed by atoms with Crippen molar-refractivity contribution in [1.82, 2.24) is 24.9 Å². The minimum Gasteiger partial charge on any atom is -0.354 e. The van der Waals surface area contributed by atoms with Crippen LogP contribution in [0.1, 0.15) is 37.2 Å². The lowest BCUT2D eigenvalue weighted by molar-refractivity contribution is -0.124. The normalized spacial score (nSPS) is 12.4. The van der Waals surface area contributed by atoms with Gasteiger partial charge in [-0.3, -0.25) is 14.2 Å². The number of hydrogen-bond acceptors (Lipinski definition) is 3. The largest absolute Gasteiger partial charge is 0.354 e. The van der Waals surface area contributed by atoms with Crippen molar-refractivity contribution in [3.8, 4) is 0 Å². The molecule has 0 aliphatic heterocycles. The molecule has 6 nitrogen and oxygen atoms in total. The first kappa shape index (κ1) is 16.7. The Kier molecular flexibility index (Phi) is 5.76. The van der Waals surface area contributed by atoms with Crippen LogP contribution in [-0.4, -0.2) is 32.0 Å². The van der Waals surface area contributed by atoms with Gasteiger partial charge >= 0.3 is 0 Å². The van der Waals surface area contributed by atoms with Gasteiger partial charge < -0.3 is 5.32 Å². The van der Waals surface area contributed by atoms with Gasteiger partial charge in [-0.1, -0.05) is 6.92 Å². The third kappa shape index (κ3) is 4.19. The molecular formula is C15H22BrN5O. The third-order valence-corrected chi connectivity index (χ3v) is 3.94. The molecule has 1 amide bonds. The van der Waals surface area contributed by atoms with Crippen LogP contribution in [-0.2, 0) is 11.3 Å². The van der Waals surface area contributed by atoms with Gasteiger partial charge in [0.05, 0.1) is 16.4 Å². The van der Waals surface area contributed by atoms with Crippen LogP contribution in [0.4, 0.5) is 0 Å². The van der Waals surface area contributed by atoms with E-state index in [1.54, 1.807) is 10.9 Å². The summed E-state index contributed by atoms with van der Waals surface area (Å²) in [5.41, 5.74) is 2.17. The molecule has 0 aliphatic rings. The smallest absolute Gasteiger partial charge is 0.244 e. The Labute approximate surface area is 139 Å². The Morgan fingerprint density at radius 1 is 1.45 bits per heavy atom. The van der Waals surface area contributed by atoms with E-state index in [0.717, 1.165) is 28.8 Å². The van der Waals surface area contributed by atoms with Gasteiger partial charge in [0, 0.05) is 25.0 Å². The summed E-state index contributed by atoms with van der Waals surface area (Å²) < 4.78 is 4.55. The highest BCUT2D eigenvalue weighted by Gasteiger charge is 2.18. The summed E-state index contributed by atoms with van der Waals surface area (Å²) in [6.07, 6.45) is 5.08. The Bertz CT molecular complexity index is 634. The molecule has 0 saturated carbocycles. The van der Waals surface area contributed by atoms with Crippen LogP contribution in [0.15, 0.2) is 22.9 Å². The first-order chi connectivity index (χ1) is 10.5. The van der Waals surface area contributed by atoms with Gasteiger partial charge in [-0.05, 0) is 48.7 Å². The van der Waals surface area contributed by atoms with Gasteiger partial charge in [-0.15, -0.1) is 0 Å². The van der Waals surface area contributed by atoms with E-state index in [0.29, 0.717) is 13.0 Å². The second-order valence-electron chi connectivity index (χ2n) is 5.36. The minimum atomic E-state index is -0.264. The Morgan fingerprint density at radius 2 is 2.23 bits per heavy atom. The summed E-state index contributed by atoms with van der Waals surface area (Å²) >= 11 is 3.35. The number of carbonyl (C=O) groups excluding carboxylic acids is 1. The predicted octanol–water partition coefficient (Wildman–Crippen LogP) is 2.62. The number of aromatic nitrogens is 4. The molecule has 2 aromatic heterocycles. The lowest BCUT2D eigenvalue weighted by Gasteiger charge is -2.15. The van der Waals surface area contributed by atoms with Crippen molar-refractivity contribution >= 4 is 21.8 Å². The molecule has 0 spiro atoms. The van der Waals surface area contributed by atoms with Crippen molar-refractivity contribution in [2.45, 2.75) is 46.2 Å². The molecule has 2 rings (SSSR count). The number of nitrogens with one attached hydrogen (secondary N) is 1. The highest BCUT2D eigenvalue weighted by molar-refractivity contribution is 9.10. The monoisotopic (exact) mass is 367 g/mol. The fourth-order valence-electron chi connectivity index (χ4n) is 2.44. The van der Waals surface area contributed by atoms with Crippen LogP contribution in [0.2, 0.25) is 0 Å². The van der Waals surface area contributed by atoms with E-state index in [9.17, 15) is 4.79 Å². The summed E-state index contributed by atoms with van der Waals surface area (Å²) in [6.45, 7) is 7.45. The second-order valence-corrected chi connectivity index (χ2v) is 6.27. The third-order valence-electron chi connectivity index (χ3n) is 3.53. The lowest BCUT2D eigenvalue weighted by atomic mass is 10.2. The number of carbonyl (C=O) groups is 1. The Morgan fingerprint density at radius 3 is 2.77 bits per heavy atom. The summed E-state index contributed by atoms with van der Waals surface area (Å²) in [6, 6.07) is 1.79. The van der Waals surface area contributed by atoms with Crippen molar-refractivity contribution < 1.29 is 4.79 Å². The van der Waals surface area contributed by atoms with E-state index in [2.05, 4.69) is 37.5 Å². The number of rotatable bonds is 7. The van der Waals surface area contributed by atoms with Gasteiger partial charge in [-0.25, -0.2) is 0 Å². The molecular weight excluding hydrogens is 346 g/mol. The molecule has 7 heteroatoms. The van der Waals surface area contributed by atoms with Crippen molar-refractivity contribution in [2.24, 2.45) is 0 Å². The van der Waals surface area contributed by atoms with E-state index < -0.39 is 0 Å². The fraction of sp³-hybridized carbons (Fsp3) is 0.533. The van der Waals surface area contributed by atoms with Gasteiger partial charge in [0.15, 0.2) is 0 Å². The van der Waals surface area contributed by atoms with E-state index in [1.807, 2.05) is 31.6 Å². The predicted molar refractivity (Wildman–Crippen MR) is 88.6 cm³/mol. The highest BCUT2D eigenvalue weighted by atomic mass is 79.9. The first-order valence-electron chi connectivity index (χ1n) is 7.49. The van der Waals surface area contributed by atoms with Gasteiger partial charge in [0.1, 0.15) is 6.04 Å². The Hall–Kier alpha value is -1.63. The zero-order valence-corrected chi connectivity index (χ0v) is 14.8. The van der Waals surface area contributed by atoms with E-state index in [4.69, 9.17) is 0 Å². The van der Waals surface area contributed by atoms with Gasteiger partial charge in [0.2, 0.25) is 5.91 Å². The number of hydrogen-bond donors (Lipinski definition) is 1. The maximum Gasteiger partial charge on any atom is 0.244 e. The molecule has 0 bridgehead atoms. The molecule has 2 aromatic rings. The molecule has 1 unspecified atom stereocenters. The number of aryl methyl sites for hydroxylation is 3. The molecule has 1 N–H and O–H groups in total. The van der Waals surface area contributed by atoms with Crippen LogP contribution in [0.25, 0.3) is 0 Å². The molecule has 1 atom stereocenters. The second kappa shape index (κ2) is 7.58. The SMILES string of the molecule is CCC(C(=O)NCCCn1nc(C)cc1C)n1cc(Br)cn1. The van der Waals surface area contributed by atoms with Crippen molar-refractivity contribution in [3.63, 3.8) is 0 Å². The minimum absolute atomic E-state index is 0.00599. The van der Waals surface area contributed by atoms with Crippen molar-refractivity contribution in [2.75, 3.05) is 6.54 Å². The fourth-order valence-corrected chi connectivity index (χ4v) is 2.74. The maximum atomic E-state index is 12.3. The van der Waals surface area contributed by atoms with Crippen LogP contribution in [0, 0.1) is 13.8 Å². The average molecular weight is 368 g/mol. The van der Waals surface area contributed by atoms with Crippen LogP contribution in [0.5, 0.6) is 0 Å². The molecule has 0 saturated heterocycles. The van der Waals surface area contributed by atoms with Crippen molar-refractivity contribution in [1.29, 1.82) is 0 Å². The quantitative estimate of drug-likeness (QED) is 0.764. The summed E-state index contributed by atoms with van der Waals surface area (Å²) in [5, 5.41) is 11.6. The Balaban J connectivity index is 1.80. The van der Waals surface area contributed by atoms with Gasteiger partial charge in [0.25, 0.3) is 0 Å². The number of amides is 1. The van der Waals surface area contributed by atoms with Crippen LogP contribution >= 0.6 is 15.9 Å². The zero-order chi connectivity index (χ0) is 16.1. The molecule has 2 heterocycles. The van der Waals surface area contributed by atoms with Crippen molar-refractivity contribution in [3.05, 3.63) is 34.3 Å². The molecule has 120 valence electrons. The molecule has 0 aliphatic carbocycles. The summed E-state index contributed by atoms with van der Waals surface area (Å²) in [4.78, 5) is 12.3. The average Bonchev–Trinajstić information content (AvgIpc) is 3.02. The number of halogens is 1. The van der Waals surface area contributed by atoms with E-state index in [-0.39, 0.29) is 11.9 Å². The van der Waals surface area contributed by atoms with E-state index >= 15 is 0 Å².